The van der Waals surface area contributed by atoms with Gasteiger partial charge in [0, 0.05) is 0 Å². The Morgan fingerprint density at radius 3 is 2.54 bits per heavy atom. The second-order valence-electron chi connectivity index (χ2n) is 3.13. The molecular formula is C12H19F. The number of halogens is 1. The Morgan fingerprint density at radius 2 is 2.00 bits per heavy atom. The van der Waals surface area contributed by atoms with Gasteiger partial charge in [-0.25, -0.2) is 4.39 Å². The van der Waals surface area contributed by atoms with Crippen molar-refractivity contribution in [1.82, 2.24) is 0 Å². The van der Waals surface area contributed by atoms with Gasteiger partial charge in [0.05, 0.1) is 0 Å². The smallest absolute Gasteiger partial charge is 0.123 e. The molecular weight excluding hydrogens is 163 g/mol. The van der Waals surface area contributed by atoms with Gasteiger partial charge in [-0.15, -0.1) is 0 Å². The summed E-state index contributed by atoms with van der Waals surface area (Å²) in [7, 11) is 0. The lowest BCUT2D eigenvalue weighted by molar-refractivity contribution is 0.663. The van der Waals surface area contributed by atoms with Crippen LogP contribution in [0, 0.1) is 0 Å². The predicted octanol–water partition coefficient (Wildman–Crippen LogP) is 4.55. The largest absolute Gasteiger partial charge is 0.207 e. The molecule has 74 valence electrons. The normalized spacial score (nSPS) is 14.2. The summed E-state index contributed by atoms with van der Waals surface area (Å²) < 4.78 is 13.0. The number of hydrogen-bond acceptors (Lipinski definition) is 0. The Labute approximate surface area is 80.9 Å². The molecule has 0 unspecified atom stereocenters. The van der Waals surface area contributed by atoms with Crippen LogP contribution in [0.3, 0.4) is 0 Å². The Morgan fingerprint density at radius 1 is 1.31 bits per heavy atom. The van der Waals surface area contributed by atoms with E-state index >= 15 is 0 Å². The monoisotopic (exact) mass is 182 g/mol. The van der Waals surface area contributed by atoms with Crippen molar-refractivity contribution in [3.8, 4) is 0 Å². The quantitative estimate of drug-likeness (QED) is 0.547. The minimum absolute atomic E-state index is 0.157. The zero-order chi connectivity index (χ0) is 10.1. The van der Waals surface area contributed by atoms with Crippen LogP contribution in [0.1, 0.15) is 40.0 Å². The van der Waals surface area contributed by atoms with E-state index in [9.17, 15) is 4.39 Å². The minimum Gasteiger partial charge on any atom is -0.207 e. The summed E-state index contributed by atoms with van der Waals surface area (Å²) in [5, 5.41) is 0. The summed E-state index contributed by atoms with van der Waals surface area (Å²) in [6.45, 7) is 6.08. The highest BCUT2D eigenvalue weighted by atomic mass is 19.1. The number of allylic oxidation sites excluding steroid dienone is 6. The van der Waals surface area contributed by atoms with Crippen LogP contribution >= 0.6 is 0 Å². The maximum atomic E-state index is 13.0. The van der Waals surface area contributed by atoms with Crippen molar-refractivity contribution >= 4 is 0 Å². The van der Waals surface area contributed by atoms with Crippen molar-refractivity contribution < 1.29 is 4.39 Å². The molecule has 0 radical (unpaired) electrons. The van der Waals surface area contributed by atoms with Crippen molar-refractivity contribution in [2.45, 2.75) is 40.0 Å². The number of rotatable bonds is 5. The van der Waals surface area contributed by atoms with Crippen LogP contribution in [0.2, 0.25) is 0 Å². The Balaban J connectivity index is 4.10. The molecule has 0 rings (SSSR count). The maximum absolute atomic E-state index is 13.0. The molecule has 0 fully saturated rings. The SMILES string of the molecule is CC/C=C/C=C(F)\C=C(/C)CCC. The van der Waals surface area contributed by atoms with E-state index in [1.165, 1.54) is 6.08 Å². The van der Waals surface area contributed by atoms with Crippen molar-refractivity contribution in [2.24, 2.45) is 0 Å². The van der Waals surface area contributed by atoms with Gasteiger partial charge in [-0.05, 0) is 31.9 Å². The van der Waals surface area contributed by atoms with E-state index in [2.05, 4.69) is 6.92 Å². The Hall–Kier alpha value is -0.850. The molecule has 0 aromatic rings. The van der Waals surface area contributed by atoms with Gasteiger partial charge in [0.15, 0.2) is 0 Å². The van der Waals surface area contributed by atoms with Crippen molar-refractivity contribution in [2.75, 3.05) is 0 Å². The van der Waals surface area contributed by atoms with Crippen LogP contribution in [0.25, 0.3) is 0 Å². The number of hydrogen-bond donors (Lipinski definition) is 0. The van der Waals surface area contributed by atoms with Gasteiger partial charge in [-0.2, -0.15) is 0 Å². The molecule has 0 nitrogen and oxygen atoms in total. The van der Waals surface area contributed by atoms with Gasteiger partial charge in [-0.3, -0.25) is 0 Å². The zero-order valence-electron chi connectivity index (χ0n) is 8.81. The van der Waals surface area contributed by atoms with Crippen LogP contribution in [0.15, 0.2) is 35.7 Å². The molecule has 0 spiro atoms. The van der Waals surface area contributed by atoms with E-state index in [0.29, 0.717) is 0 Å². The molecule has 0 heterocycles. The summed E-state index contributed by atoms with van der Waals surface area (Å²) in [6.07, 6.45) is 9.78. The summed E-state index contributed by atoms with van der Waals surface area (Å²) in [6, 6.07) is 0. The second kappa shape index (κ2) is 7.78. The molecule has 0 aromatic heterocycles. The first-order chi connectivity index (χ1) is 6.20. The third kappa shape index (κ3) is 7.51. The highest BCUT2D eigenvalue weighted by molar-refractivity contribution is 5.21. The van der Waals surface area contributed by atoms with E-state index in [1.54, 1.807) is 12.2 Å². The molecule has 13 heavy (non-hydrogen) atoms. The first-order valence-electron chi connectivity index (χ1n) is 4.90. The topological polar surface area (TPSA) is 0 Å². The van der Waals surface area contributed by atoms with Crippen LogP contribution in [0.5, 0.6) is 0 Å². The average Bonchev–Trinajstić information content (AvgIpc) is 2.05. The van der Waals surface area contributed by atoms with Crippen molar-refractivity contribution in [3.05, 3.63) is 35.7 Å². The van der Waals surface area contributed by atoms with Crippen LogP contribution in [-0.2, 0) is 0 Å². The molecule has 0 aliphatic heterocycles. The van der Waals surface area contributed by atoms with Gasteiger partial charge in [-0.1, -0.05) is 38.0 Å². The summed E-state index contributed by atoms with van der Waals surface area (Å²) in [5.41, 5.74) is 1.10. The summed E-state index contributed by atoms with van der Waals surface area (Å²) >= 11 is 0. The predicted molar refractivity (Wildman–Crippen MR) is 57.3 cm³/mol. The lowest BCUT2D eigenvalue weighted by Crippen LogP contribution is -1.75. The van der Waals surface area contributed by atoms with E-state index in [1.807, 2.05) is 19.9 Å². The van der Waals surface area contributed by atoms with Gasteiger partial charge in [0.1, 0.15) is 5.83 Å². The molecule has 0 aliphatic rings. The van der Waals surface area contributed by atoms with Crippen molar-refractivity contribution in [3.63, 3.8) is 0 Å². The van der Waals surface area contributed by atoms with E-state index in [4.69, 9.17) is 0 Å². The van der Waals surface area contributed by atoms with Crippen LogP contribution in [-0.4, -0.2) is 0 Å². The van der Waals surface area contributed by atoms with E-state index in [-0.39, 0.29) is 5.83 Å². The molecule has 0 saturated heterocycles. The van der Waals surface area contributed by atoms with E-state index in [0.717, 1.165) is 24.8 Å². The Bertz CT molecular complexity index is 209. The first-order valence-corrected chi connectivity index (χ1v) is 4.90. The van der Waals surface area contributed by atoms with Gasteiger partial charge in [0.2, 0.25) is 0 Å². The Kier molecular flexibility index (Phi) is 7.27. The summed E-state index contributed by atoms with van der Waals surface area (Å²) in [5.74, 6) is -0.157. The zero-order valence-corrected chi connectivity index (χ0v) is 8.81. The molecule has 0 aliphatic carbocycles. The molecule has 0 amide bonds. The van der Waals surface area contributed by atoms with Crippen LogP contribution < -0.4 is 0 Å². The maximum Gasteiger partial charge on any atom is 0.123 e. The molecule has 0 bridgehead atoms. The van der Waals surface area contributed by atoms with Crippen molar-refractivity contribution in [1.29, 1.82) is 0 Å². The second-order valence-corrected chi connectivity index (χ2v) is 3.13. The fourth-order valence-corrected chi connectivity index (χ4v) is 1.05. The third-order valence-electron chi connectivity index (χ3n) is 1.66. The molecule has 0 saturated carbocycles. The highest BCUT2D eigenvalue weighted by Crippen LogP contribution is 2.09. The molecule has 1 heteroatoms. The lowest BCUT2D eigenvalue weighted by Gasteiger charge is -1.94. The van der Waals surface area contributed by atoms with E-state index < -0.39 is 0 Å². The first kappa shape index (κ1) is 12.2. The van der Waals surface area contributed by atoms with Gasteiger partial charge in [0.25, 0.3) is 0 Å². The standard InChI is InChI=1S/C12H19F/c1-4-6-7-9-12(13)10-11(3)8-5-2/h6-7,9-10H,4-5,8H2,1-3H3/b7-6+,11-10+,12-9+. The van der Waals surface area contributed by atoms with Gasteiger partial charge < -0.3 is 0 Å². The molecule has 0 N–H and O–H groups in total. The highest BCUT2D eigenvalue weighted by Gasteiger charge is 1.90. The summed E-state index contributed by atoms with van der Waals surface area (Å²) in [4.78, 5) is 0. The average molecular weight is 182 g/mol. The molecule has 0 atom stereocenters. The van der Waals surface area contributed by atoms with Gasteiger partial charge >= 0.3 is 0 Å². The lowest BCUT2D eigenvalue weighted by atomic mass is 10.1. The fraction of sp³-hybridized carbons (Fsp3) is 0.500. The minimum atomic E-state index is -0.157. The van der Waals surface area contributed by atoms with Crippen LogP contribution in [0.4, 0.5) is 4.39 Å². The third-order valence-corrected chi connectivity index (χ3v) is 1.66. The molecule has 0 aromatic carbocycles. The fourth-order valence-electron chi connectivity index (χ4n) is 1.05.